The number of benzene rings is 7. The van der Waals surface area contributed by atoms with Gasteiger partial charge >= 0.3 is 0 Å². The van der Waals surface area contributed by atoms with Crippen LogP contribution in [-0.2, 0) is 0 Å². The first-order valence-corrected chi connectivity index (χ1v) is 16.5. The molecule has 0 saturated carbocycles. The Morgan fingerprint density at radius 3 is 2.02 bits per heavy atom. The van der Waals surface area contributed by atoms with Crippen LogP contribution in [0, 0.1) is 0 Å². The van der Waals surface area contributed by atoms with E-state index in [1.54, 1.807) is 0 Å². The number of thiophene rings is 1. The van der Waals surface area contributed by atoms with Crippen LogP contribution < -0.4 is 0 Å². The maximum atomic E-state index is 9.56. The lowest BCUT2D eigenvalue weighted by Gasteiger charge is -2.10. The summed E-state index contributed by atoms with van der Waals surface area (Å²) in [4.78, 5) is 14.7. The summed E-state index contributed by atoms with van der Waals surface area (Å²) in [7, 11) is 0. The molecular formula is C45H27N3OS. The van der Waals surface area contributed by atoms with E-state index in [4.69, 9.17) is 31.7 Å². The number of hydrogen-bond acceptors (Lipinski definition) is 5. The second kappa shape index (κ2) is 11.6. The molecule has 0 atom stereocenters. The number of hydrogen-bond donors (Lipinski definition) is 0. The van der Waals surface area contributed by atoms with Crippen molar-refractivity contribution in [1.82, 2.24) is 15.0 Å². The summed E-state index contributed by atoms with van der Waals surface area (Å²) < 4.78 is 103. The van der Waals surface area contributed by atoms with Crippen molar-refractivity contribution in [2.24, 2.45) is 0 Å². The van der Waals surface area contributed by atoms with Crippen molar-refractivity contribution in [1.29, 1.82) is 0 Å². The van der Waals surface area contributed by atoms with E-state index in [9.17, 15) is 2.74 Å². The highest BCUT2D eigenvalue weighted by Gasteiger charge is 2.18. The summed E-state index contributed by atoms with van der Waals surface area (Å²) >= 11 is 0.900. The van der Waals surface area contributed by atoms with E-state index in [1.807, 2.05) is 97.1 Å². The number of nitrogens with zero attached hydrogens (tertiary/aromatic N) is 3. The lowest BCUT2D eigenvalue weighted by atomic mass is 10.0. The topological polar surface area (TPSA) is 51.8 Å². The second-order valence-electron chi connectivity index (χ2n) is 11.6. The van der Waals surface area contributed by atoms with Crippen molar-refractivity contribution in [2.45, 2.75) is 0 Å². The minimum atomic E-state index is -0.666. The Hall–Kier alpha value is -6.43. The Kier molecular flexibility index (Phi) is 4.54. The van der Waals surface area contributed by atoms with Crippen molar-refractivity contribution in [2.75, 3.05) is 0 Å². The highest BCUT2D eigenvalue weighted by Crippen LogP contribution is 2.41. The molecule has 0 aliphatic rings. The van der Waals surface area contributed by atoms with Crippen LogP contribution >= 0.6 is 11.3 Å². The van der Waals surface area contributed by atoms with Crippen molar-refractivity contribution in [3.8, 4) is 56.4 Å². The molecule has 5 heteroatoms. The Morgan fingerprint density at radius 1 is 0.460 bits per heavy atom. The van der Waals surface area contributed by atoms with Gasteiger partial charge in [0.05, 0.1) is 15.1 Å². The molecule has 50 heavy (non-hydrogen) atoms. The van der Waals surface area contributed by atoms with E-state index < -0.39 is 66.0 Å². The van der Waals surface area contributed by atoms with E-state index in [2.05, 4.69) is 0 Å². The van der Waals surface area contributed by atoms with Crippen LogP contribution in [0.3, 0.4) is 0 Å². The summed E-state index contributed by atoms with van der Waals surface area (Å²) in [6, 6.07) is 24.8. The standard InChI is InChI=1S/C45H27N3OS/c1-3-10-28(11-4-1)30-18-20-31(21-19-30)43-46-44(33-22-24-35-34-14-7-8-16-38(34)49-39(35)27-33)48-45(47-43)36-15-9-17-41-42(36)37-26-32(23-25-40(37)50-41)29-12-5-2-6-13-29/h1-27H/i2D,5D,6D,9D,12D,13D,15D,17D,23D,25D,26D. The lowest BCUT2D eigenvalue weighted by Crippen LogP contribution is -2.00. The molecule has 0 fully saturated rings. The molecule has 3 aromatic heterocycles. The van der Waals surface area contributed by atoms with Gasteiger partial charge in [0.15, 0.2) is 17.5 Å². The average Bonchev–Trinajstić information content (AvgIpc) is 3.87. The van der Waals surface area contributed by atoms with Gasteiger partial charge in [-0.05, 0) is 58.6 Å². The second-order valence-corrected chi connectivity index (χ2v) is 12.6. The molecule has 10 rings (SSSR count). The van der Waals surface area contributed by atoms with Crippen LogP contribution in [0.2, 0.25) is 0 Å². The third kappa shape index (κ3) is 4.87. The molecule has 7 aromatic carbocycles. The van der Waals surface area contributed by atoms with Crippen molar-refractivity contribution in [3.63, 3.8) is 0 Å². The zero-order chi connectivity index (χ0) is 42.6. The van der Waals surface area contributed by atoms with E-state index in [0.717, 1.165) is 33.2 Å². The van der Waals surface area contributed by atoms with E-state index >= 15 is 0 Å². The van der Waals surface area contributed by atoms with Crippen molar-refractivity contribution in [3.05, 3.63) is 164 Å². The molecule has 0 spiro atoms. The van der Waals surface area contributed by atoms with Crippen LogP contribution in [0.5, 0.6) is 0 Å². The first-order valence-electron chi connectivity index (χ1n) is 21.2. The zero-order valence-electron chi connectivity index (χ0n) is 36.9. The number of aromatic nitrogens is 3. The fourth-order valence-electron chi connectivity index (χ4n) is 6.17. The van der Waals surface area contributed by atoms with E-state index in [1.165, 1.54) is 0 Å². The van der Waals surface area contributed by atoms with Gasteiger partial charge in [0.2, 0.25) is 0 Å². The SMILES string of the molecule is [2H]c1c([2H])c([2H])c(-c2c([2H])c([2H])c3sc4c([2H])c([2H])c([2H])c(-c5nc(-c6ccc(-c7ccccc7)cc6)nc(-c6ccc7c(c6)oc6ccccc67)n5)c4c3c2[2H])c([2H])c1[2H]. The fraction of sp³-hybridized carbons (Fsp3) is 0. The third-order valence-corrected chi connectivity index (χ3v) is 9.59. The van der Waals surface area contributed by atoms with Crippen LogP contribution in [0.1, 0.15) is 15.1 Å². The minimum absolute atomic E-state index is 0.000710. The number of furan rings is 1. The summed E-state index contributed by atoms with van der Waals surface area (Å²) in [6.45, 7) is 0. The molecule has 0 bridgehead atoms. The summed E-state index contributed by atoms with van der Waals surface area (Å²) in [5.41, 5.74) is 3.58. The first kappa shape index (κ1) is 19.5. The smallest absolute Gasteiger partial charge is 0.164 e. The molecule has 0 aliphatic heterocycles. The zero-order valence-corrected chi connectivity index (χ0v) is 26.7. The predicted octanol–water partition coefficient (Wildman–Crippen LogP) is 12.5. The fourth-order valence-corrected chi connectivity index (χ4v) is 7.14. The van der Waals surface area contributed by atoms with Gasteiger partial charge in [-0.25, -0.2) is 15.0 Å². The summed E-state index contributed by atoms with van der Waals surface area (Å²) in [6.07, 6.45) is 0. The van der Waals surface area contributed by atoms with Gasteiger partial charge in [0.1, 0.15) is 11.2 Å². The molecule has 0 saturated heterocycles. The molecule has 0 aliphatic carbocycles. The summed E-state index contributed by atoms with van der Waals surface area (Å²) in [5.74, 6) is 0.354. The Bertz CT molecular complexity index is 3470. The lowest BCUT2D eigenvalue weighted by molar-refractivity contribution is 0.669. The maximum absolute atomic E-state index is 9.56. The maximum Gasteiger partial charge on any atom is 0.164 e. The predicted molar refractivity (Wildman–Crippen MR) is 207 cm³/mol. The minimum Gasteiger partial charge on any atom is -0.456 e. The largest absolute Gasteiger partial charge is 0.456 e. The van der Waals surface area contributed by atoms with Crippen LogP contribution in [0.15, 0.2) is 168 Å². The monoisotopic (exact) mass is 668 g/mol. The van der Waals surface area contributed by atoms with Gasteiger partial charge in [0, 0.05) is 47.6 Å². The third-order valence-electron chi connectivity index (χ3n) is 8.57. The number of fused-ring (bicyclic) bond motifs is 6. The number of rotatable bonds is 5. The van der Waals surface area contributed by atoms with Gasteiger partial charge in [0.25, 0.3) is 0 Å². The van der Waals surface area contributed by atoms with Crippen LogP contribution in [0.25, 0.3) is 98.5 Å². The highest BCUT2D eigenvalue weighted by atomic mass is 32.1. The molecule has 0 radical (unpaired) electrons. The Morgan fingerprint density at radius 2 is 1.16 bits per heavy atom. The molecule has 3 heterocycles. The molecule has 234 valence electrons. The van der Waals surface area contributed by atoms with Crippen molar-refractivity contribution < 1.29 is 19.5 Å². The molecule has 0 N–H and O–H groups in total. The van der Waals surface area contributed by atoms with Gasteiger partial charge in [-0.2, -0.15) is 0 Å². The molecule has 4 nitrogen and oxygen atoms in total. The van der Waals surface area contributed by atoms with E-state index in [-0.39, 0.29) is 54.8 Å². The summed E-state index contributed by atoms with van der Waals surface area (Å²) in [5, 5.41) is 1.91. The first-order chi connectivity index (χ1) is 29.3. The molecular weight excluding hydrogens is 631 g/mol. The van der Waals surface area contributed by atoms with E-state index in [0.29, 0.717) is 22.3 Å². The van der Waals surface area contributed by atoms with Gasteiger partial charge < -0.3 is 4.42 Å². The van der Waals surface area contributed by atoms with Crippen LogP contribution in [0.4, 0.5) is 0 Å². The van der Waals surface area contributed by atoms with Crippen molar-refractivity contribution >= 4 is 53.4 Å². The highest BCUT2D eigenvalue weighted by molar-refractivity contribution is 7.26. The quantitative estimate of drug-likeness (QED) is 0.183. The number of para-hydroxylation sites is 1. The Balaban J connectivity index is 1.28. The molecule has 0 amide bonds. The van der Waals surface area contributed by atoms with Gasteiger partial charge in [-0.1, -0.05) is 127 Å². The van der Waals surface area contributed by atoms with Gasteiger partial charge in [-0.3, -0.25) is 0 Å². The molecule has 0 unspecified atom stereocenters. The van der Waals surface area contributed by atoms with Crippen LogP contribution in [-0.4, -0.2) is 15.0 Å². The Labute approximate surface area is 307 Å². The average molecular weight is 669 g/mol. The normalized spacial score (nSPS) is 14.7. The van der Waals surface area contributed by atoms with Gasteiger partial charge in [-0.15, -0.1) is 11.3 Å². The molecule has 10 aromatic rings.